The summed E-state index contributed by atoms with van der Waals surface area (Å²) in [6.07, 6.45) is 0.970. The Morgan fingerprint density at radius 3 is 2.48 bits per heavy atom. The number of benzene rings is 1. The van der Waals surface area contributed by atoms with Gasteiger partial charge in [0.25, 0.3) is 5.91 Å². The summed E-state index contributed by atoms with van der Waals surface area (Å²) in [5.41, 5.74) is 9.21. The van der Waals surface area contributed by atoms with Crippen LogP contribution in [-0.4, -0.2) is 37.0 Å². The average Bonchev–Trinajstić information content (AvgIpc) is 2.81. The molecule has 1 aliphatic rings. The smallest absolute Gasteiger partial charge is 0.260 e. The first-order valence-corrected chi connectivity index (χ1v) is 7.53. The lowest BCUT2D eigenvalue weighted by molar-refractivity contribution is -0.132. The van der Waals surface area contributed by atoms with Crippen LogP contribution in [0.25, 0.3) is 0 Å². The van der Waals surface area contributed by atoms with Crippen molar-refractivity contribution >= 4 is 5.91 Å². The fraction of sp³-hybridized carbons (Fsp3) is 0.588. The molecule has 1 amide bonds. The van der Waals surface area contributed by atoms with E-state index in [4.69, 9.17) is 10.5 Å². The third kappa shape index (κ3) is 3.56. The molecule has 1 aromatic carbocycles. The van der Waals surface area contributed by atoms with E-state index < -0.39 is 0 Å². The quantitative estimate of drug-likeness (QED) is 0.925. The van der Waals surface area contributed by atoms with E-state index in [0.29, 0.717) is 6.54 Å². The van der Waals surface area contributed by atoms with Gasteiger partial charge < -0.3 is 15.4 Å². The Bertz CT molecular complexity index is 519. The van der Waals surface area contributed by atoms with Gasteiger partial charge in [0.1, 0.15) is 5.75 Å². The average molecular weight is 290 g/mol. The van der Waals surface area contributed by atoms with Crippen molar-refractivity contribution in [2.75, 3.05) is 26.2 Å². The molecule has 4 heteroatoms. The molecule has 1 fully saturated rings. The van der Waals surface area contributed by atoms with Crippen molar-refractivity contribution in [3.05, 3.63) is 28.8 Å². The van der Waals surface area contributed by atoms with Crippen LogP contribution in [0.5, 0.6) is 5.75 Å². The normalized spacial score (nSPS) is 21.7. The molecule has 4 nitrogen and oxygen atoms in total. The van der Waals surface area contributed by atoms with Gasteiger partial charge in [-0.25, -0.2) is 0 Å². The molecular formula is C17H26N2O2. The van der Waals surface area contributed by atoms with Crippen molar-refractivity contribution in [1.29, 1.82) is 0 Å². The monoisotopic (exact) mass is 290 g/mol. The fourth-order valence-corrected chi connectivity index (χ4v) is 3.02. The molecule has 0 saturated carbocycles. The lowest BCUT2D eigenvalue weighted by Crippen LogP contribution is -2.37. The van der Waals surface area contributed by atoms with Gasteiger partial charge in [0.05, 0.1) is 0 Å². The molecular weight excluding hydrogens is 264 g/mol. The molecule has 1 aromatic rings. The fourth-order valence-electron chi connectivity index (χ4n) is 3.02. The highest BCUT2D eigenvalue weighted by Gasteiger charge is 2.34. The van der Waals surface area contributed by atoms with Crippen molar-refractivity contribution in [3.63, 3.8) is 0 Å². The third-order valence-corrected chi connectivity index (χ3v) is 4.35. The van der Waals surface area contributed by atoms with Crippen LogP contribution in [0, 0.1) is 26.2 Å². The molecule has 21 heavy (non-hydrogen) atoms. The number of amides is 1. The molecule has 1 aliphatic heterocycles. The molecule has 1 atom stereocenters. The zero-order chi connectivity index (χ0) is 15.6. The van der Waals surface area contributed by atoms with Crippen molar-refractivity contribution in [3.8, 4) is 5.75 Å². The van der Waals surface area contributed by atoms with Gasteiger partial charge in [-0.3, -0.25) is 4.79 Å². The minimum absolute atomic E-state index is 0.0477. The zero-order valence-corrected chi connectivity index (χ0v) is 13.5. The lowest BCUT2D eigenvalue weighted by Gasteiger charge is -2.23. The molecule has 1 unspecified atom stereocenters. The second-order valence-corrected chi connectivity index (χ2v) is 6.60. The Morgan fingerprint density at radius 2 is 1.95 bits per heavy atom. The van der Waals surface area contributed by atoms with Crippen LogP contribution >= 0.6 is 0 Å². The van der Waals surface area contributed by atoms with Crippen LogP contribution in [0.2, 0.25) is 0 Å². The molecule has 116 valence electrons. The molecule has 0 aromatic heterocycles. The van der Waals surface area contributed by atoms with Gasteiger partial charge in [0, 0.05) is 13.1 Å². The number of hydrogen-bond donors (Lipinski definition) is 1. The van der Waals surface area contributed by atoms with Crippen LogP contribution in [0.1, 0.15) is 30.0 Å². The Balaban J connectivity index is 1.97. The summed E-state index contributed by atoms with van der Waals surface area (Å²) < 4.78 is 5.78. The first-order valence-electron chi connectivity index (χ1n) is 7.53. The second kappa shape index (κ2) is 6.06. The predicted molar refractivity (Wildman–Crippen MR) is 84.5 cm³/mol. The number of aryl methyl sites for hydroxylation is 3. The lowest BCUT2D eigenvalue weighted by atomic mass is 9.90. The van der Waals surface area contributed by atoms with Crippen LogP contribution in [0.15, 0.2) is 12.1 Å². The topological polar surface area (TPSA) is 55.6 Å². The number of nitrogens with zero attached hydrogens (tertiary/aromatic N) is 1. The van der Waals surface area contributed by atoms with Gasteiger partial charge in [0.2, 0.25) is 0 Å². The third-order valence-electron chi connectivity index (χ3n) is 4.35. The highest BCUT2D eigenvalue weighted by Crippen LogP contribution is 2.29. The highest BCUT2D eigenvalue weighted by molar-refractivity contribution is 5.78. The molecule has 2 rings (SSSR count). The molecule has 0 radical (unpaired) electrons. The SMILES string of the molecule is Cc1cc(C)c(OCC(=O)N2CCC(C)(CN)C2)c(C)c1. The number of ether oxygens (including phenoxy) is 1. The summed E-state index contributed by atoms with van der Waals surface area (Å²) in [6, 6.07) is 4.16. The van der Waals surface area contributed by atoms with Crippen molar-refractivity contribution in [2.45, 2.75) is 34.1 Å². The Morgan fingerprint density at radius 1 is 1.33 bits per heavy atom. The molecule has 0 spiro atoms. The van der Waals surface area contributed by atoms with Crippen LogP contribution in [-0.2, 0) is 4.79 Å². The van der Waals surface area contributed by atoms with E-state index in [1.54, 1.807) is 0 Å². The Labute approximate surface area is 127 Å². The van der Waals surface area contributed by atoms with Gasteiger partial charge in [-0.2, -0.15) is 0 Å². The Hall–Kier alpha value is -1.55. The maximum atomic E-state index is 12.3. The maximum absolute atomic E-state index is 12.3. The number of nitrogens with two attached hydrogens (primary N) is 1. The van der Waals surface area contributed by atoms with Crippen LogP contribution in [0.4, 0.5) is 0 Å². The number of rotatable bonds is 4. The minimum atomic E-state index is 0.0477. The van der Waals surface area contributed by atoms with Gasteiger partial charge in [0.15, 0.2) is 6.61 Å². The summed E-state index contributed by atoms with van der Waals surface area (Å²) in [7, 11) is 0. The molecule has 2 N–H and O–H groups in total. The molecule has 0 bridgehead atoms. The van der Waals surface area contributed by atoms with Gasteiger partial charge >= 0.3 is 0 Å². The summed E-state index contributed by atoms with van der Waals surface area (Å²) in [4.78, 5) is 14.1. The molecule has 0 aliphatic carbocycles. The first kappa shape index (κ1) is 15.8. The van der Waals surface area contributed by atoms with Crippen molar-refractivity contribution < 1.29 is 9.53 Å². The van der Waals surface area contributed by atoms with E-state index in [-0.39, 0.29) is 17.9 Å². The molecule has 1 saturated heterocycles. The zero-order valence-electron chi connectivity index (χ0n) is 13.5. The van der Waals surface area contributed by atoms with Gasteiger partial charge in [-0.1, -0.05) is 24.6 Å². The molecule has 1 heterocycles. The standard InChI is InChI=1S/C17H26N2O2/c1-12-7-13(2)16(14(3)8-12)21-9-15(20)19-6-5-17(4,10-18)11-19/h7-8H,5-6,9-11,18H2,1-4H3. The number of hydrogen-bond acceptors (Lipinski definition) is 3. The summed E-state index contributed by atoms with van der Waals surface area (Å²) in [5, 5.41) is 0. The van der Waals surface area contributed by atoms with Gasteiger partial charge in [-0.15, -0.1) is 0 Å². The van der Waals surface area contributed by atoms with Crippen LogP contribution < -0.4 is 10.5 Å². The number of carbonyl (C=O) groups is 1. The maximum Gasteiger partial charge on any atom is 0.260 e. The van der Waals surface area contributed by atoms with Crippen LogP contribution in [0.3, 0.4) is 0 Å². The van der Waals surface area contributed by atoms with E-state index in [0.717, 1.165) is 36.4 Å². The first-order chi connectivity index (χ1) is 9.84. The highest BCUT2D eigenvalue weighted by atomic mass is 16.5. The van der Waals surface area contributed by atoms with E-state index in [1.165, 1.54) is 5.56 Å². The second-order valence-electron chi connectivity index (χ2n) is 6.60. The van der Waals surface area contributed by atoms with E-state index in [9.17, 15) is 4.79 Å². The number of likely N-dealkylation sites (tertiary alicyclic amines) is 1. The van der Waals surface area contributed by atoms with Crippen molar-refractivity contribution in [2.24, 2.45) is 11.1 Å². The van der Waals surface area contributed by atoms with E-state index >= 15 is 0 Å². The Kier molecular flexibility index (Phi) is 4.57. The predicted octanol–water partition coefficient (Wildman–Crippen LogP) is 2.19. The summed E-state index contributed by atoms with van der Waals surface area (Å²) in [5.74, 6) is 0.876. The van der Waals surface area contributed by atoms with E-state index in [1.807, 2.05) is 18.7 Å². The van der Waals surface area contributed by atoms with Gasteiger partial charge in [-0.05, 0) is 50.3 Å². The largest absolute Gasteiger partial charge is 0.483 e. The summed E-state index contributed by atoms with van der Waals surface area (Å²) in [6.45, 7) is 10.5. The van der Waals surface area contributed by atoms with E-state index in [2.05, 4.69) is 26.0 Å². The summed E-state index contributed by atoms with van der Waals surface area (Å²) >= 11 is 0. The minimum Gasteiger partial charge on any atom is -0.483 e. The number of carbonyl (C=O) groups excluding carboxylic acids is 1. The van der Waals surface area contributed by atoms with Crippen molar-refractivity contribution in [1.82, 2.24) is 4.90 Å².